The Morgan fingerprint density at radius 2 is 0.455 bits per heavy atom. The molecular weight excluding hydrogens is 357 g/mol. The van der Waals surface area contributed by atoms with E-state index >= 15 is 0 Å². The van der Waals surface area contributed by atoms with Crippen LogP contribution in [-0.4, -0.2) is 0 Å². The molecule has 1 aliphatic rings. The molecule has 0 fully saturated rings. The summed E-state index contributed by atoms with van der Waals surface area (Å²) >= 11 is 0. The molecule has 0 amide bonds. The molecule has 3 heteroatoms. The first-order chi connectivity index (χ1) is 4.00. The minimum absolute atomic E-state index is 0. The van der Waals surface area contributed by atoms with Crippen LogP contribution in [0, 0.1) is 0 Å². The van der Waals surface area contributed by atoms with Crippen LogP contribution in [0.5, 0.6) is 0 Å². The van der Waals surface area contributed by atoms with E-state index in [1.807, 2.05) is 48.6 Å². The van der Waals surface area contributed by atoms with Gasteiger partial charge in [-0.1, -0.05) is 48.6 Å². The molecular formula is C8H10Cl2Os. The van der Waals surface area contributed by atoms with Gasteiger partial charge in [0.2, 0.25) is 0 Å². The second-order valence-electron chi connectivity index (χ2n) is 1.54. The average molecular weight is 367 g/mol. The molecule has 0 N–H and O–H groups in total. The predicted molar refractivity (Wildman–Crippen MR) is 51.1 cm³/mol. The molecule has 0 unspecified atom stereocenters. The fourth-order valence-corrected chi connectivity index (χ4v) is 0.513. The van der Waals surface area contributed by atoms with E-state index in [1.54, 1.807) is 0 Å². The van der Waals surface area contributed by atoms with Crippen LogP contribution in [0.15, 0.2) is 48.6 Å². The molecule has 0 saturated carbocycles. The van der Waals surface area contributed by atoms with Crippen molar-refractivity contribution in [1.82, 2.24) is 0 Å². The van der Waals surface area contributed by atoms with Crippen LogP contribution in [0.3, 0.4) is 0 Å². The van der Waals surface area contributed by atoms with Crippen molar-refractivity contribution >= 4 is 24.8 Å². The molecule has 0 saturated heterocycles. The molecule has 0 nitrogen and oxygen atoms in total. The van der Waals surface area contributed by atoms with Gasteiger partial charge in [-0.2, -0.15) is 0 Å². The molecule has 0 aromatic carbocycles. The van der Waals surface area contributed by atoms with Gasteiger partial charge in [-0.3, -0.25) is 0 Å². The van der Waals surface area contributed by atoms with Crippen LogP contribution in [0.2, 0.25) is 0 Å². The van der Waals surface area contributed by atoms with Gasteiger partial charge < -0.3 is 0 Å². The van der Waals surface area contributed by atoms with E-state index in [1.165, 1.54) is 0 Å². The minimum atomic E-state index is 0. The first-order valence-corrected chi connectivity index (χ1v) is 2.67. The summed E-state index contributed by atoms with van der Waals surface area (Å²) < 4.78 is 0. The summed E-state index contributed by atoms with van der Waals surface area (Å²) in [5.74, 6) is 0. The summed E-state index contributed by atoms with van der Waals surface area (Å²) in [5, 5.41) is 0. The molecule has 1 rings (SSSR count). The van der Waals surface area contributed by atoms with Gasteiger partial charge in [-0.25, -0.2) is 0 Å². The zero-order valence-electron chi connectivity index (χ0n) is 5.79. The molecule has 0 radical (unpaired) electrons. The molecule has 11 heavy (non-hydrogen) atoms. The number of halogens is 2. The molecule has 0 aromatic heterocycles. The van der Waals surface area contributed by atoms with Gasteiger partial charge in [0.15, 0.2) is 0 Å². The van der Waals surface area contributed by atoms with Crippen molar-refractivity contribution in [3.05, 3.63) is 48.6 Å². The number of hydrogen-bond acceptors (Lipinski definition) is 0. The van der Waals surface area contributed by atoms with Gasteiger partial charge in [0.05, 0.1) is 0 Å². The smallest absolute Gasteiger partial charge is 0 e. The molecule has 0 bridgehead atoms. The Morgan fingerprint density at radius 1 is 0.364 bits per heavy atom. The monoisotopic (exact) mass is 368 g/mol. The van der Waals surface area contributed by atoms with Crippen molar-refractivity contribution in [3.63, 3.8) is 0 Å². The summed E-state index contributed by atoms with van der Waals surface area (Å²) in [6, 6.07) is 0. The van der Waals surface area contributed by atoms with E-state index in [9.17, 15) is 0 Å². The summed E-state index contributed by atoms with van der Waals surface area (Å²) in [6.07, 6.45) is 16.0. The van der Waals surface area contributed by atoms with E-state index in [4.69, 9.17) is 0 Å². The normalized spacial score (nSPS) is 23.3. The predicted octanol–water partition coefficient (Wildman–Crippen LogP) is 3.07. The third-order valence-corrected chi connectivity index (χ3v) is 0.889. The fraction of sp³-hybridized carbons (Fsp3) is 0. The standard InChI is InChI=1S/C8H8.2ClH.Os/c1-2-4-6-8-7-5-3-1;;;/h1-8H;2*1H;/b2-1-,3-1?,4-2?,5-3-,6-4-,7-5?,8-6?,8-7-;;;. The SMILES string of the molecule is C1=C\C=C/C=C\C=C/1.Cl.Cl.[Os]. The first-order valence-electron chi connectivity index (χ1n) is 2.67. The van der Waals surface area contributed by atoms with E-state index in [0.29, 0.717) is 0 Å². The summed E-state index contributed by atoms with van der Waals surface area (Å²) in [4.78, 5) is 0. The van der Waals surface area contributed by atoms with Gasteiger partial charge in [-0.15, -0.1) is 24.8 Å². The Bertz CT molecular complexity index is 113. The first kappa shape index (κ1) is 17.3. The zero-order chi connectivity index (χ0) is 5.66. The molecule has 0 spiro atoms. The Hall–Kier alpha value is 0.176. The van der Waals surface area contributed by atoms with Crippen molar-refractivity contribution in [1.29, 1.82) is 0 Å². The zero-order valence-corrected chi connectivity index (χ0v) is 9.96. The van der Waals surface area contributed by atoms with Crippen molar-refractivity contribution in [2.24, 2.45) is 0 Å². The Labute approximate surface area is 93.0 Å². The maximum Gasteiger partial charge on any atom is 0 e. The second-order valence-corrected chi connectivity index (χ2v) is 1.54. The Balaban J connectivity index is -0.000000213. The molecule has 1 aliphatic carbocycles. The summed E-state index contributed by atoms with van der Waals surface area (Å²) in [6.45, 7) is 0. The third kappa shape index (κ3) is 10.2. The van der Waals surface area contributed by atoms with Crippen LogP contribution >= 0.6 is 24.8 Å². The van der Waals surface area contributed by atoms with Gasteiger partial charge in [0.1, 0.15) is 0 Å². The van der Waals surface area contributed by atoms with Crippen LogP contribution in [0.25, 0.3) is 0 Å². The van der Waals surface area contributed by atoms with Gasteiger partial charge in [-0.05, 0) is 0 Å². The molecule has 64 valence electrons. The maximum atomic E-state index is 2.00. The number of rotatable bonds is 0. The summed E-state index contributed by atoms with van der Waals surface area (Å²) in [7, 11) is 0. The average Bonchev–Trinajstić information content (AvgIpc) is 1.62. The van der Waals surface area contributed by atoms with Crippen molar-refractivity contribution in [3.8, 4) is 0 Å². The van der Waals surface area contributed by atoms with Crippen molar-refractivity contribution in [2.75, 3.05) is 0 Å². The molecule has 0 heterocycles. The summed E-state index contributed by atoms with van der Waals surface area (Å²) in [5.41, 5.74) is 0. The fourth-order valence-electron chi connectivity index (χ4n) is 0.513. The Morgan fingerprint density at radius 3 is 0.545 bits per heavy atom. The van der Waals surface area contributed by atoms with E-state index in [0.717, 1.165) is 0 Å². The van der Waals surface area contributed by atoms with Crippen molar-refractivity contribution in [2.45, 2.75) is 0 Å². The van der Waals surface area contributed by atoms with Crippen LogP contribution in [0.4, 0.5) is 0 Å². The van der Waals surface area contributed by atoms with E-state index in [2.05, 4.69) is 0 Å². The van der Waals surface area contributed by atoms with Gasteiger partial charge >= 0.3 is 0 Å². The molecule has 0 aliphatic heterocycles. The van der Waals surface area contributed by atoms with Crippen molar-refractivity contribution < 1.29 is 19.8 Å². The van der Waals surface area contributed by atoms with Crippen LogP contribution in [-0.2, 0) is 19.8 Å². The van der Waals surface area contributed by atoms with Gasteiger partial charge in [0.25, 0.3) is 0 Å². The third-order valence-electron chi connectivity index (χ3n) is 0.889. The largest absolute Gasteiger partial charge is 0.147 e. The van der Waals surface area contributed by atoms with Crippen LogP contribution < -0.4 is 0 Å². The van der Waals surface area contributed by atoms with E-state index in [-0.39, 0.29) is 44.6 Å². The van der Waals surface area contributed by atoms with E-state index < -0.39 is 0 Å². The molecule has 0 atom stereocenters. The second kappa shape index (κ2) is 12.8. The minimum Gasteiger partial charge on any atom is -0.147 e. The van der Waals surface area contributed by atoms with Crippen LogP contribution in [0.1, 0.15) is 0 Å². The maximum absolute atomic E-state index is 2.00. The topological polar surface area (TPSA) is 0 Å². The Kier molecular flexibility index (Phi) is 20.2. The van der Waals surface area contributed by atoms with Gasteiger partial charge in [0, 0.05) is 19.8 Å². The number of hydrogen-bond donors (Lipinski definition) is 0. The quantitative estimate of drug-likeness (QED) is 0.617. The number of allylic oxidation sites excluding steroid dienone is 8. The molecule has 0 aromatic rings.